The van der Waals surface area contributed by atoms with E-state index in [1.54, 1.807) is 5.56 Å². The van der Waals surface area contributed by atoms with Crippen LogP contribution in [0.1, 0.15) is 106 Å². The summed E-state index contributed by atoms with van der Waals surface area (Å²) in [6.45, 7) is 4.89. The molecule has 6 aromatic rings. The Hall–Kier alpha value is -4.88. The average molecular weight is 690 g/mol. The van der Waals surface area contributed by atoms with Crippen LogP contribution in [-0.4, -0.2) is 0 Å². The monoisotopic (exact) mass is 689 g/mol. The van der Waals surface area contributed by atoms with Crippen LogP contribution in [0.3, 0.4) is 0 Å². The number of para-hydroxylation sites is 1. The molecule has 3 saturated carbocycles. The quantitative estimate of drug-likeness (QED) is 0.161. The Balaban J connectivity index is 1.09. The van der Waals surface area contributed by atoms with Gasteiger partial charge in [0.15, 0.2) is 0 Å². The Morgan fingerprint density at radius 3 is 1.96 bits per heavy atom. The summed E-state index contributed by atoms with van der Waals surface area (Å²) >= 11 is 0. The molecule has 10 rings (SSSR count). The summed E-state index contributed by atoms with van der Waals surface area (Å²) in [5, 5.41) is 0. The van der Waals surface area contributed by atoms with Crippen molar-refractivity contribution >= 4 is 17.1 Å². The molecular weight excluding hydrogens is 639 g/mol. The minimum Gasteiger partial charge on any atom is -0.310 e. The minimum atomic E-state index is -0.179. The summed E-state index contributed by atoms with van der Waals surface area (Å²) in [7, 11) is 0. The highest BCUT2D eigenvalue weighted by Gasteiger charge is 2.41. The number of rotatable bonds is 7. The van der Waals surface area contributed by atoms with Gasteiger partial charge in [-0.1, -0.05) is 149 Å². The van der Waals surface area contributed by atoms with Crippen LogP contribution in [0, 0.1) is 11.8 Å². The predicted molar refractivity (Wildman–Crippen MR) is 224 cm³/mol. The first kappa shape index (κ1) is 32.7. The zero-order valence-electron chi connectivity index (χ0n) is 31.4. The molecule has 53 heavy (non-hydrogen) atoms. The highest BCUT2D eigenvalue weighted by atomic mass is 15.1. The maximum atomic E-state index is 2.60. The van der Waals surface area contributed by atoms with Crippen LogP contribution >= 0.6 is 0 Å². The molecule has 1 heteroatoms. The van der Waals surface area contributed by atoms with Gasteiger partial charge in [0.2, 0.25) is 0 Å². The third-order valence-corrected chi connectivity index (χ3v) is 13.8. The van der Waals surface area contributed by atoms with Gasteiger partial charge in [-0.2, -0.15) is 0 Å². The fourth-order valence-corrected chi connectivity index (χ4v) is 11.2. The van der Waals surface area contributed by atoms with Gasteiger partial charge < -0.3 is 4.90 Å². The lowest BCUT2D eigenvalue weighted by atomic mass is 9.77. The third kappa shape index (κ3) is 5.58. The number of anilines is 3. The fourth-order valence-electron chi connectivity index (χ4n) is 11.2. The van der Waals surface area contributed by atoms with Gasteiger partial charge in [0.05, 0.1) is 0 Å². The largest absolute Gasteiger partial charge is 0.310 e. The molecule has 3 unspecified atom stereocenters. The van der Waals surface area contributed by atoms with E-state index in [9.17, 15) is 0 Å². The normalized spacial score (nSPS) is 21.4. The van der Waals surface area contributed by atoms with Gasteiger partial charge in [0, 0.05) is 22.5 Å². The number of hydrogen-bond donors (Lipinski definition) is 0. The molecule has 2 bridgehead atoms. The van der Waals surface area contributed by atoms with E-state index in [1.165, 1.54) is 125 Å². The van der Waals surface area contributed by atoms with Crippen molar-refractivity contribution in [3.8, 4) is 33.4 Å². The van der Waals surface area contributed by atoms with Gasteiger partial charge in [-0.15, -0.1) is 0 Å². The zero-order chi connectivity index (χ0) is 35.5. The zero-order valence-corrected chi connectivity index (χ0v) is 31.4. The molecule has 264 valence electrons. The lowest BCUT2D eigenvalue weighted by Gasteiger charge is -2.33. The molecule has 4 aliphatic rings. The molecule has 0 amide bonds. The van der Waals surface area contributed by atoms with E-state index in [-0.39, 0.29) is 5.41 Å². The van der Waals surface area contributed by atoms with E-state index in [0.29, 0.717) is 5.92 Å². The summed E-state index contributed by atoms with van der Waals surface area (Å²) in [6, 6.07) is 53.3. The molecule has 0 heterocycles. The standard InChI is InChI=1S/C52H51N/c1-52(2)49-34-41(30-31-45(49)47-22-13-21-46(51(47)52)44-20-10-9-18-42(44)36-14-5-3-6-15-36)53(50-23-12-11-19-43(50)37-16-7-4-8-17-37)40-28-26-38(27-29-40)48-33-35-24-25-39(48)32-35/h3,5-6,9-15,18-23,26-31,34-35,37,39,48H,4,7-8,16-17,24-25,32-33H2,1-2H3. The third-order valence-electron chi connectivity index (χ3n) is 13.8. The summed E-state index contributed by atoms with van der Waals surface area (Å²) in [6.07, 6.45) is 12.3. The van der Waals surface area contributed by atoms with Crippen LogP contribution in [0.4, 0.5) is 17.1 Å². The second-order valence-corrected chi connectivity index (χ2v) is 17.1. The van der Waals surface area contributed by atoms with Crippen molar-refractivity contribution in [3.63, 3.8) is 0 Å². The lowest BCUT2D eigenvalue weighted by Crippen LogP contribution is -2.18. The van der Waals surface area contributed by atoms with Crippen LogP contribution in [-0.2, 0) is 5.41 Å². The first-order valence-corrected chi connectivity index (χ1v) is 20.5. The smallest absolute Gasteiger partial charge is 0.0496 e. The van der Waals surface area contributed by atoms with E-state index in [1.807, 2.05) is 0 Å². The van der Waals surface area contributed by atoms with Gasteiger partial charge in [-0.25, -0.2) is 0 Å². The van der Waals surface area contributed by atoms with Crippen molar-refractivity contribution in [2.24, 2.45) is 11.8 Å². The molecule has 0 saturated heterocycles. The number of nitrogens with zero attached hydrogens (tertiary/aromatic N) is 1. The van der Waals surface area contributed by atoms with Gasteiger partial charge in [-0.05, 0) is 142 Å². The summed E-state index contributed by atoms with van der Waals surface area (Å²) in [4.78, 5) is 2.60. The van der Waals surface area contributed by atoms with Crippen molar-refractivity contribution in [2.75, 3.05) is 4.90 Å². The topological polar surface area (TPSA) is 3.24 Å². The molecule has 4 aliphatic carbocycles. The Bertz CT molecular complexity index is 2270. The number of fused-ring (bicyclic) bond motifs is 5. The van der Waals surface area contributed by atoms with Crippen LogP contribution in [0.5, 0.6) is 0 Å². The van der Waals surface area contributed by atoms with Crippen LogP contribution < -0.4 is 4.90 Å². The molecule has 3 fully saturated rings. The molecule has 0 N–H and O–H groups in total. The fraction of sp³-hybridized carbons (Fsp3) is 0.308. The van der Waals surface area contributed by atoms with Crippen molar-refractivity contribution in [1.29, 1.82) is 0 Å². The predicted octanol–water partition coefficient (Wildman–Crippen LogP) is 14.7. The molecular formula is C52H51N. The van der Waals surface area contributed by atoms with Crippen LogP contribution in [0.2, 0.25) is 0 Å². The Labute approximate surface area is 316 Å². The number of benzene rings is 6. The molecule has 1 nitrogen and oxygen atoms in total. The van der Waals surface area contributed by atoms with Crippen molar-refractivity contribution in [2.45, 2.75) is 88.9 Å². The Kier molecular flexibility index (Phi) is 8.16. The summed E-state index contributed by atoms with van der Waals surface area (Å²) < 4.78 is 0. The van der Waals surface area contributed by atoms with Gasteiger partial charge in [0.1, 0.15) is 0 Å². The molecule has 3 atom stereocenters. The van der Waals surface area contributed by atoms with Crippen molar-refractivity contribution in [1.82, 2.24) is 0 Å². The van der Waals surface area contributed by atoms with Gasteiger partial charge in [0.25, 0.3) is 0 Å². The Morgan fingerprint density at radius 2 is 1.21 bits per heavy atom. The van der Waals surface area contributed by atoms with E-state index in [4.69, 9.17) is 0 Å². The van der Waals surface area contributed by atoms with E-state index in [2.05, 4.69) is 158 Å². The maximum absolute atomic E-state index is 2.60. The number of hydrogen-bond acceptors (Lipinski definition) is 1. The van der Waals surface area contributed by atoms with E-state index in [0.717, 1.165) is 17.8 Å². The van der Waals surface area contributed by atoms with Crippen LogP contribution in [0.25, 0.3) is 33.4 Å². The Morgan fingerprint density at radius 1 is 0.528 bits per heavy atom. The first-order valence-electron chi connectivity index (χ1n) is 20.5. The molecule has 0 aromatic heterocycles. The van der Waals surface area contributed by atoms with E-state index < -0.39 is 0 Å². The molecule has 0 spiro atoms. The summed E-state index contributed by atoms with van der Waals surface area (Å²) in [5.74, 6) is 3.19. The first-order chi connectivity index (χ1) is 26.0. The SMILES string of the molecule is CC1(C)c2cc(N(c3ccc(C4CC5CCC4C5)cc3)c3ccccc3C3CCCCC3)ccc2-c2cccc(-c3ccccc3-c3ccccc3)c21. The summed E-state index contributed by atoms with van der Waals surface area (Å²) in [5.41, 5.74) is 17.5. The lowest BCUT2D eigenvalue weighted by molar-refractivity contribution is 0.420. The van der Waals surface area contributed by atoms with Gasteiger partial charge in [-0.3, -0.25) is 0 Å². The second-order valence-electron chi connectivity index (χ2n) is 17.1. The minimum absolute atomic E-state index is 0.179. The average Bonchev–Trinajstić information content (AvgIpc) is 3.92. The molecule has 0 radical (unpaired) electrons. The second kappa shape index (κ2) is 13.2. The van der Waals surface area contributed by atoms with Gasteiger partial charge >= 0.3 is 0 Å². The van der Waals surface area contributed by atoms with E-state index >= 15 is 0 Å². The molecule has 0 aliphatic heterocycles. The van der Waals surface area contributed by atoms with Crippen LogP contribution in [0.15, 0.2) is 140 Å². The van der Waals surface area contributed by atoms with Crippen molar-refractivity contribution < 1.29 is 0 Å². The highest BCUT2D eigenvalue weighted by molar-refractivity contribution is 5.94. The highest BCUT2D eigenvalue weighted by Crippen LogP contribution is 2.56. The molecule has 6 aromatic carbocycles. The van der Waals surface area contributed by atoms with Crippen molar-refractivity contribution in [3.05, 3.63) is 162 Å². The maximum Gasteiger partial charge on any atom is 0.0496 e.